The van der Waals surface area contributed by atoms with Gasteiger partial charge in [0.2, 0.25) is 0 Å². The fraction of sp³-hybridized carbons (Fsp3) is 0.143. The van der Waals surface area contributed by atoms with E-state index in [1.807, 2.05) is 0 Å². The first-order valence-electron chi connectivity index (χ1n) is 6.70. The largest absolute Gasteiger partial charge is 0.474 e. The molecule has 3 aromatic rings. The third kappa shape index (κ3) is 3.34. The standard InChI is InChI=1S/C14H13FN6OS/c1-22-14(23)16-8-10-9-21(19-18-10)11-3-4-13(12(15)7-11)20-6-2-5-17-20/h2-7,9H,8H2,1H3,(H,16,23). The summed E-state index contributed by atoms with van der Waals surface area (Å²) in [6.07, 6.45) is 4.96. The molecule has 0 aliphatic heterocycles. The van der Waals surface area contributed by atoms with Gasteiger partial charge in [0.05, 0.1) is 25.5 Å². The van der Waals surface area contributed by atoms with Gasteiger partial charge in [0.25, 0.3) is 5.17 Å². The molecule has 0 amide bonds. The zero-order valence-electron chi connectivity index (χ0n) is 12.2. The Morgan fingerprint density at radius 2 is 2.26 bits per heavy atom. The highest BCUT2D eigenvalue weighted by Crippen LogP contribution is 2.16. The van der Waals surface area contributed by atoms with Gasteiger partial charge in [-0.05, 0) is 30.4 Å². The summed E-state index contributed by atoms with van der Waals surface area (Å²) in [6.45, 7) is 0.376. The number of rotatable bonds is 4. The summed E-state index contributed by atoms with van der Waals surface area (Å²) in [5.74, 6) is -0.401. The van der Waals surface area contributed by atoms with Crippen LogP contribution >= 0.6 is 12.2 Å². The van der Waals surface area contributed by atoms with Gasteiger partial charge >= 0.3 is 0 Å². The predicted octanol–water partition coefficient (Wildman–Crippen LogP) is 1.61. The lowest BCUT2D eigenvalue weighted by Gasteiger charge is -2.06. The van der Waals surface area contributed by atoms with Crippen LogP contribution < -0.4 is 5.32 Å². The molecule has 0 aliphatic rings. The highest BCUT2D eigenvalue weighted by Gasteiger charge is 2.09. The van der Waals surface area contributed by atoms with Crippen LogP contribution in [0.25, 0.3) is 11.4 Å². The van der Waals surface area contributed by atoms with Crippen molar-refractivity contribution in [2.45, 2.75) is 6.54 Å². The van der Waals surface area contributed by atoms with E-state index in [1.165, 1.54) is 22.5 Å². The number of nitrogens with one attached hydrogen (secondary N) is 1. The lowest BCUT2D eigenvalue weighted by Crippen LogP contribution is -2.22. The Bertz CT molecular complexity index is 817. The Kier molecular flexibility index (Phi) is 4.29. The van der Waals surface area contributed by atoms with Crippen LogP contribution in [-0.2, 0) is 11.3 Å². The number of thiocarbonyl (C=S) groups is 1. The fourth-order valence-electron chi connectivity index (χ4n) is 1.98. The molecule has 0 bridgehead atoms. The van der Waals surface area contributed by atoms with Crippen LogP contribution in [0.4, 0.5) is 4.39 Å². The highest BCUT2D eigenvalue weighted by atomic mass is 32.1. The zero-order valence-corrected chi connectivity index (χ0v) is 13.0. The van der Waals surface area contributed by atoms with Crippen LogP contribution in [0.1, 0.15) is 5.69 Å². The third-order valence-electron chi connectivity index (χ3n) is 3.09. The number of nitrogens with zero attached hydrogens (tertiary/aromatic N) is 5. The van der Waals surface area contributed by atoms with Crippen LogP contribution in [0.2, 0.25) is 0 Å². The van der Waals surface area contributed by atoms with Gasteiger partial charge in [0, 0.05) is 18.5 Å². The molecule has 2 aromatic heterocycles. The average molecular weight is 332 g/mol. The Hall–Kier alpha value is -2.81. The fourth-order valence-corrected chi connectivity index (χ4v) is 2.05. The molecular formula is C14H13FN6OS. The van der Waals surface area contributed by atoms with E-state index in [0.717, 1.165) is 0 Å². The van der Waals surface area contributed by atoms with Crippen molar-refractivity contribution >= 4 is 17.4 Å². The van der Waals surface area contributed by atoms with E-state index >= 15 is 0 Å². The Morgan fingerprint density at radius 3 is 2.96 bits per heavy atom. The second-order valence-corrected chi connectivity index (χ2v) is 4.96. The molecule has 118 valence electrons. The lowest BCUT2D eigenvalue weighted by atomic mass is 10.2. The van der Waals surface area contributed by atoms with Gasteiger partial charge in [-0.25, -0.2) is 13.8 Å². The molecule has 1 aromatic carbocycles. The van der Waals surface area contributed by atoms with Crippen molar-refractivity contribution in [3.05, 3.63) is 54.4 Å². The monoisotopic (exact) mass is 332 g/mol. The minimum atomic E-state index is -0.401. The van der Waals surface area contributed by atoms with Crippen LogP contribution in [0.15, 0.2) is 42.9 Å². The van der Waals surface area contributed by atoms with Crippen LogP contribution in [0, 0.1) is 5.82 Å². The van der Waals surface area contributed by atoms with E-state index in [1.54, 1.807) is 36.8 Å². The summed E-state index contributed by atoms with van der Waals surface area (Å²) in [4.78, 5) is 0. The SMILES string of the molecule is COC(=S)NCc1cn(-c2ccc(-n3cccn3)c(F)c2)nn1. The van der Waals surface area contributed by atoms with Gasteiger partial charge in [0.1, 0.15) is 11.4 Å². The topological polar surface area (TPSA) is 69.8 Å². The molecule has 0 unspecified atom stereocenters. The van der Waals surface area contributed by atoms with Gasteiger partial charge in [-0.3, -0.25) is 0 Å². The minimum absolute atomic E-state index is 0.272. The second kappa shape index (κ2) is 6.53. The number of methoxy groups -OCH3 is 1. The van der Waals surface area contributed by atoms with Crippen molar-refractivity contribution < 1.29 is 9.13 Å². The summed E-state index contributed by atoms with van der Waals surface area (Å²) in [5, 5.41) is 15.1. The molecule has 0 spiro atoms. The predicted molar refractivity (Wildman–Crippen MR) is 84.9 cm³/mol. The van der Waals surface area contributed by atoms with Crippen LogP contribution in [-0.4, -0.2) is 37.1 Å². The van der Waals surface area contributed by atoms with E-state index in [-0.39, 0.29) is 5.17 Å². The smallest absolute Gasteiger partial charge is 0.256 e. The summed E-state index contributed by atoms with van der Waals surface area (Å²) in [7, 11) is 1.48. The van der Waals surface area contributed by atoms with E-state index in [9.17, 15) is 4.39 Å². The van der Waals surface area contributed by atoms with Gasteiger partial charge in [-0.1, -0.05) is 5.21 Å². The first kappa shape index (κ1) is 15.1. The van der Waals surface area contributed by atoms with Gasteiger partial charge in [-0.2, -0.15) is 5.10 Å². The van der Waals surface area contributed by atoms with E-state index in [4.69, 9.17) is 17.0 Å². The molecule has 0 atom stereocenters. The summed E-state index contributed by atoms with van der Waals surface area (Å²) in [6, 6.07) is 6.49. The van der Waals surface area contributed by atoms with Gasteiger partial charge < -0.3 is 10.1 Å². The summed E-state index contributed by atoms with van der Waals surface area (Å²) < 4.78 is 22.0. The van der Waals surface area contributed by atoms with Crippen molar-refractivity contribution in [2.24, 2.45) is 0 Å². The average Bonchev–Trinajstić information content (AvgIpc) is 3.24. The van der Waals surface area contributed by atoms with Crippen molar-refractivity contribution in [1.82, 2.24) is 30.1 Å². The molecule has 0 radical (unpaired) electrons. The molecule has 9 heteroatoms. The Labute approximate surface area is 136 Å². The number of hydrogen-bond acceptors (Lipinski definition) is 5. The molecular weight excluding hydrogens is 319 g/mol. The summed E-state index contributed by atoms with van der Waals surface area (Å²) >= 11 is 4.88. The number of aromatic nitrogens is 5. The molecule has 7 nitrogen and oxygen atoms in total. The third-order valence-corrected chi connectivity index (χ3v) is 3.40. The zero-order chi connectivity index (χ0) is 16.2. The molecule has 23 heavy (non-hydrogen) atoms. The normalized spacial score (nSPS) is 10.5. The number of benzene rings is 1. The molecule has 3 rings (SSSR count). The first-order chi connectivity index (χ1) is 11.2. The Morgan fingerprint density at radius 1 is 1.39 bits per heavy atom. The molecule has 2 heterocycles. The van der Waals surface area contributed by atoms with E-state index in [0.29, 0.717) is 23.6 Å². The number of hydrogen-bond donors (Lipinski definition) is 1. The Balaban J connectivity index is 1.79. The maximum Gasteiger partial charge on any atom is 0.256 e. The van der Waals surface area contributed by atoms with Crippen LogP contribution in [0.3, 0.4) is 0 Å². The maximum atomic E-state index is 14.2. The van der Waals surface area contributed by atoms with Crippen molar-refractivity contribution in [1.29, 1.82) is 0 Å². The quantitative estimate of drug-likeness (QED) is 0.732. The van der Waals surface area contributed by atoms with Crippen molar-refractivity contribution in [3.63, 3.8) is 0 Å². The number of ether oxygens (including phenoxy) is 1. The number of halogens is 1. The molecule has 0 saturated heterocycles. The van der Waals surface area contributed by atoms with Crippen molar-refractivity contribution in [3.8, 4) is 11.4 Å². The lowest BCUT2D eigenvalue weighted by molar-refractivity contribution is 0.392. The van der Waals surface area contributed by atoms with E-state index in [2.05, 4.69) is 20.7 Å². The first-order valence-corrected chi connectivity index (χ1v) is 7.11. The van der Waals surface area contributed by atoms with Gasteiger partial charge in [0.15, 0.2) is 5.82 Å². The molecule has 0 saturated carbocycles. The molecule has 0 aliphatic carbocycles. The summed E-state index contributed by atoms with van der Waals surface area (Å²) in [5.41, 5.74) is 1.58. The minimum Gasteiger partial charge on any atom is -0.474 e. The molecule has 0 fully saturated rings. The maximum absolute atomic E-state index is 14.2. The highest BCUT2D eigenvalue weighted by molar-refractivity contribution is 7.80. The van der Waals surface area contributed by atoms with Gasteiger partial charge in [-0.15, -0.1) is 5.10 Å². The van der Waals surface area contributed by atoms with Crippen LogP contribution in [0.5, 0.6) is 0 Å². The second-order valence-electron chi connectivity index (χ2n) is 4.59. The van der Waals surface area contributed by atoms with E-state index < -0.39 is 5.82 Å². The molecule has 1 N–H and O–H groups in total. The van der Waals surface area contributed by atoms with Crippen molar-refractivity contribution in [2.75, 3.05) is 7.11 Å².